The highest BCUT2D eigenvalue weighted by molar-refractivity contribution is 7.98. The summed E-state index contributed by atoms with van der Waals surface area (Å²) in [5, 5.41) is 4.09. The van der Waals surface area contributed by atoms with Gasteiger partial charge in [-0.15, -0.1) is 0 Å². The zero-order chi connectivity index (χ0) is 18.1. The van der Waals surface area contributed by atoms with Gasteiger partial charge in [0, 0.05) is 38.2 Å². The number of carbonyl (C=O) groups excluding carboxylic acids is 1. The van der Waals surface area contributed by atoms with E-state index < -0.39 is 0 Å². The van der Waals surface area contributed by atoms with Gasteiger partial charge in [0.05, 0.1) is 6.54 Å². The van der Waals surface area contributed by atoms with E-state index in [1.165, 1.54) is 12.2 Å². The van der Waals surface area contributed by atoms with Gasteiger partial charge in [0.1, 0.15) is 0 Å². The Morgan fingerprint density at radius 2 is 2.04 bits per heavy atom. The number of carbonyl (C=O) groups is 1. The van der Waals surface area contributed by atoms with Crippen LogP contribution in [-0.4, -0.2) is 66.9 Å². The number of amides is 1. The van der Waals surface area contributed by atoms with Crippen LogP contribution in [0.1, 0.15) is 18.4 Å². The van der Waals surface area contributed by atoms with E-state index in [-0.39, 0.29) is 5.91 Å². The van der Waals surface area contributed by atoms with Crippen LogP contribution >= 0.6 is 23.4 Å². The Balaban J connectivity index is 1.81. The van der Waals surface area contributed by atoms with Crippen LogP contribution in [0.2, 0.25) is 5.02 Å². The highest BCUT2D eigenvalue weighted by Crippen LogP contribution is 2.13. The lowest BCUT2D eigenvalue weighted by Crippen LogP contribution is -2.55. The molecule has 1 saturated heterocycles. The number of nitrogens with one attached hydrogen (secondary N) is 1. The predicted octanol–water partition coefficient (Wildman–Crippen LogP) is 2.70. The molecule has 5 nitrogen and oxygen atoms in total. The van der Waals surface area contributed by atoms with E-state index in [0.717, 1.165) is 31.0 Å². The molecule has 1 fully saturated rings. The van der Waals surface area contributed by atoms with Crippen LogP contribution in [0.5, 0.6) is 0 Å². The number of nitrogens with zero attached hydrogens (tertiary/aromatic N) is 3. The Bertz CT molecular complexity index is 579. The fourth-order valence-electron chi connectivity index (χ4n) is 2.77. The van der Waals surface area contributed by atoms with E-state index in [4.69, 9.17) is 11.6 Å². The molecule has 0 unspecified atom stereocenters. The minimum Gasteiger partial charge on any atom is -0.356 e. The number of hydrogen-bond acceptors (Lipinski definition) is 3. The van der Waals surface area contributed by atoms with Crippen LogP contribution in [0.3, 0.4) is 0 Å². The first-order chi connectivity index (χ1) is 12.1. The van der Waals surface area contributed by atoms with Gasteiger partial charge < -0.3 is 15.1 Å². The largest absolute Gasteiger partial charge is 0.356 e. The van der Waals surface area contributed by atoms with Crippen molar-refractivity contribution in [3.63, 3.8) is 0 Å². The van der Waals surface area contributed by atoms with E-state index in [0.29, 0.717) is 24.7 Å². The van der Waals surface area contributed by atoms with Crippen LogP contribution in [0, 0.1) is 0 Å². The summed E-state index contributed by atoms with van der Waals surface area (Å²) in [4.78, 5) is 20.7. The van der Waals surface area contributed by atoms with E-state index in [1.807, 2.05) is 45.8 Å². The first-order valence-electron chi connectivity index (χ1n) is 8.61. The van der Waals surface area contributed by atoms with Crippen LogP contribution < -0.4 is 5.32 Å². The predicted molar refractivity (Wildman–Crippen MR) is 107 cm³/mol. The number of piperazine rings is 1. The van der Waals surface area contributed by atoms with Crippen molar-refractivity contribution >= 4 is 35.2 Å². The van der Waals surface area contributed by atoms with Crippen LogP contribution in [0.15, 0.2) is 29.3 Å². The third kappa shape index (κ3) is 6.44. The molecule has 2 rings (SSSR count). The summed E-state index contributed by atoms with van der Waals surface area (Å²) in [6, 6.07) is 7.66. The molecule has 1 N–H and O–H groups in total. The summed E-state index contributed by atoms with van der Waals surface area (Å²) in [7, 11) is 1.77. The lowest BCUT2D eigenvalue weighted by atomic mass is 10.2. The van der Waals surface area contributed by atoms with Gasteiger partial charge in [-0.1, -0.05) is 23.7 Å². The summed E-state index contributed by atoms with van der Waals surface area (Å²) in [6.07, 6.45) is 4.44. The Morgan fingerprint density at radius 1 is 1.28 bits per heavy atom. The molecule has 0 radical (unpaired) electrons. The maximum atomic E-state index is 12.5. The highest BCUT2D eigenvalue weighted by Gasteiger charge is 2.25. The summed E-state index contributed by atoms with van der Waals surface area (Å²) in [5.74, 6) is 2.14. The molecule has 138 valence electrons. The van der Waals surface area contributed by atoms with Gasteiger partial charge in [-0.05, 0) is 42.5 Å². The molecule has 1 amide bonds. The molecule has 1 aliphatic heterocycles. The van der Waals surface area contributed by atoms with Crippen LogP contribution in [0.4, 0.5) is 0 Å². The van der Waals surface area contributed by atoms with Gasteiger partial charge in [0.2, 0.25) is 5.91 Å². The van der Waals surface area contributed by atoms with Crippen molar-refractivity contribution < 1.29 is 4.79 Å². The summed E-state index contributed by atoms with van der Waals surface area (Å²) < 4.78 is 0. The number of hydrogen-bond donors (Lipinski definition) is 1. The summed E-state index contributed by atoms with van der Waals surface area (Å²) in [5.41, 5.74) is 1.10. The number of aliphatic imine (C=N–C) groups is 1. The van der Waals surface area contributed by atoms with Crippen molar-refractivity contribution in [2.45, 2.75) is 19.4 Å². The monoisotopic (exact) mass is 382 g/mol. The molecule has 0 aromatic heterocycles. The van der Waals surface area contributed by atoms with E-state index in [9.17, 15) is 4.79 Å². The van der Waals surface area contributed by atoms with Crippen molar-refractivity contribution in [3.8, 4) is 0 Å². The van der Waals surface area contributed by atoms with Gasteiger partial charge in [0.25, 0.3) is 0 Å². The first kappa shape index (κ1) is 19.9. The molecule has 0 bridgehead atoms. The molecule has 7 heteroatoms. The van der Waals surface area contributed by atoms with Crippen molar-refractivity contribution in [1.82, 2.24) is 15.1 Å². The quantitative estimate of drug-likeness (QED) is 0.447. The number of thioether (sulfide) groups is 1. The molecule has 1 aromatic carbocycles. The molecule has 0 spiro atoms. The topological polar surface area (TPSA) is 47.9 Å². The Kier molecular flexibility index (Phi) is 8.41. The molecule has 25 heavy (non-hydrogen) atoms. The fraction of sp³-hybridized carbons (Fsp3) is 0.556. The van der Waals surface area contributed by atoms with Gasteiger partial charge in [-0.3, -0.25) is 9.79 Å². The van der Waals surface area contributed by atoms with Crippen molar-refractivity contribution in [2.24, 2.45) is 4.99 Å². The smallest absolute Gasteiger partial charge is 0.242 e. The highest BCUT2D eigenvalue weighted by atomic mass is 35.5. The van der Waals surface area contributed by atoms with Crippen molar-refractivity contribution in [3.05, 3.63) is 34.9 Å². The number of benzene rings is 1. The zero-order valence-electron chi connectivity index (χ0n) is 15.0. The number of rotatable bonds is 7. The number of guanidine groups is 1. The van der Waals surface area contributed by atoms with Crippen LogP contribution in [0.25, 0.3) is 0 Å². The minimum absolute atomic E-state index is 0.131. The zero-order valence-corrected chi connectivity index (χ0v) is 16.6. The fourth-order valence-corrected chi connectivity index (χ4v) is 3.39. The maximum Gasteiger partial charge on any atom is 0.242 e. The van der Waals surface area contributed by atoms with Gasteiger partial charge in [-0.2, -0.15) is 11.8 Å². The van der Waals surface area contributed by atoms with Gasteiger partial charge in [-0.25, -0.2) is 0 Å². The molecule has 0 aliphatic carbocycles. The molecule has 1 aliphatic rings. The second-order valence-electron chi connectivity index (χ2n) is 6.04. The number of halogens is 1. The van der Waals surface area contributed by atoms with Gasteiger partial charge >= 0.3 is 0 Å². The number of unbranched alkanes of at least 4 members (excludes halogenated alkanes) is 1. The SMILES string of the molecule is CN=C(NCCCCSC)N1CCN(Cc2ccc(Cl)cc2)C(=O)C1. The van der Waals surface area contributed by atoms with E-state index in [1.54, 1.807) is 7.05 Å². The summed E-state index contributed by atoms with van der Waals surface area (Å²) in [6.45, 7) is 3.40. The summed E-state index contributed by atoms with van der Waals surface area (Å²) >= 11 is 7.78. The lowest BCUT2D eigenvalue weighted by Gasteiger charge is -2.36. The van der Waals surface area contributed by atoms with Crippen LogP contribution in [-0.2, 0) is 11.3 Å². The molecular weight excluding hydrogens is 356 g/mol. The third-order valence-corrected chi connectivity index (χ3v) is 5.12. The van der Waals surface area contributed by atoms with Gasteiger partial charge in [0.15, 0.2) is 5.96 Å². The van der Waals surface area contributed by atoms with E-state index >= 15 is 0 Å². The molecule has 0 saturated carbocycles. The second-order valence-corrected chi connectivity index (χ2v) is 7.46. The van der Waals surface area contributed by atoms with E-state index in [2.05, 4.69) is 16.6 Å². The lowest BCUT2D eigenvalue weighted by molar-refractivity contribution is -0.135. The molecular formula is C18H27ClN4OS. The Hall–Kier alpha value is -1.40. The average molecular weight is 383 g/mol. The van der Waals surface area contributed by atoms with Crippen molar-refractivity contribution in [1.29, 1.82) is 0 Å². The standard InChI is InChI=1S/C18H27ClN4OS/c1-20-18(21-9-3-4-12-25-2)23-11-10-22(17(24)14-23)13-15-5-7-16(19)8-6-15/h5-8H,3-4,9-14H2,1-2H3,(H,20,21). The average Bonchev–Trinajstić information content (AvgIpc) is 2.62. The second kappa shape index (κ2) is 10.6. The van der Waals surface area contributed by atoms with Crippen molar-refractivity contribution in [2.75, 3.05) is 45.2 Å². The molecule has 1 heterocycles. The minimum atomic E-state index is 0.131. The maximum absolute atomic E-state index is 12.5. The normalized spacial score (nSPS) is 15.6. The Morgan fingerprint density at radius 3 is 2.68 bits per heavy atom. The Labute approximate surface area is 159 Å². The third-order valence-electron chi connectivity index (χ3n) is 4.18. The first-order valence-corrected chi connectivity index (χ1v) is 10.4. The molecule has 1 aromatic rings. The molecule has 0 atom stereocenters.